The number of rotatable bonds is 8. The Morgan fingerprint density at radius 2 is 1.58 bits per heavy atom. The first-order valence-electron chi connectivity index (χ1n) is 8.11. The van der Waals surface area contributed by atoms with Crippen LogP contribution in [-0.4, -0.2) is 32.6 Å². The number of amides is 2. The summed E-state index contributed by atoms with van der Waals surface area (Å²) in [6.07, 6.45) is 0. The average Bonchev–Trinajstić information content (AvgIpc) is 2.65. The van der Waals surface area contributed by atoms with Gasteiger partial charge in [0, 0.05) is 24.8 Å². The topological polar surface area (TPSA) is 88.7 Å². The third-order valence-corrected chi connectivity index (χ3v) is 3.60. The van der Waals surface area contributed by atoms with E-state index in [4.69, 9.17) is 9.47 Å². The summed E-state index contributed by atoms with van der Waals surface area (Å²) >= 11 is 0. The lowest BCUT2D eigenvalue weighted by Crippen LogP contribution is -2.29. The van der Waals surface area contributed by atoms with E-state index < -0.39 is 0 Å². The van der Waals surface area contributed by atoms with E-state index in [9.17, 15) is 9.59 Å². The van der Waals surface area contributed by atoms with Crippen molar-refractivity contribution in [3.63, 3.8) is 0 Å². The van der Waals surface area contributed by atoms with Crippen molar-refractivity contribution in [2.24, 2.45) is 0 Å². The van der Waals surface area contributed by atoms with Crippen LogP contribution >= 0.6 is 0 Å². The van der Waals surface area contributed by atoms with Crippen LogP contribution in [0.15, 0.2) is 42.5 Å². The fourth-order valence-electron chi connectivity index (χ4n) is 2.31. The van der Waals surface area contributed by atoms with Crippen LogP contribution in [0.5, 0.6) is 11.5 Å². The standard InChI is InChI=1S/C19H23N3O4/c1-13(23)22-16-7-5-15(6-8-16)20-12-19(24)21-11-14-4-9-17(25-2)18(10-14)26-3/h4-10,20H,11-12H2,1-3H3,(H,21,24)(H,22,23). The molecule has 26 heavy (non-hydrogen) atoms. The molecular weight excluding hydrogens is 334 g/mol. The second-order valence-electron chi connectivity index (χ2n) is 5.58. The molecule has 0 aliphatic heterocycles. The molecule has 0 unspecified atom stereocenters. The highest BCUT2D eigenvalue weighted by Gasteiger charge is 2.06. The fourth-order valence-corrected chi connectivity index (χ4v) is 2.31. The number of carbonyl (C=O) groups excluding carboxylic acids is 2. The number of methoxy groups -OCH3 is 2. The van der Waals surface area contributed by atoms with Crippen molar-refractivity contribution in [1.29, 1.82) is 0 Å². The SMILES string of the molecule is COc1ccc(CNC(=O)CNc2ccc(NC(C)=O)cc2)cc1OC. The van der Waals surface area contributed by atoms with E-state index in [1.165, 1.54) is 6.92 Å². The minimum atomic E-state index is -0.134. The summed E-state index contributed by atoms with van der Waals surface area (Å²) < 4.78 is 10.4. The zero-order valence-corrected chi connectivity index (χ0v) is 15.1. The van der Waals surface area contributed by atoms with Crippen LogP contribution in [0.2, 0.25) is 0 Å². The van der Waals surface area contributed by atoms with Crippen molar-refractivity contribution in [3.05, 3.63) is 48.0 Å². The van der Waals surface area contributed by atoms with Crippen molar-refractivity contribution in [3.8, 4) is 11.5 Å². The molecule has 0 spiro atoms. The maximum Gasteiger partial charge on any atom is 0.239 e. The molecule has 2 aromatic carbocycles. The van der Waals surface area contributed by atoms with E-state index in [1.807, 2.05) is 12.1 Å². The predicted octanol–water partition coefficient (Wildman–Crippen LogP) is 2.39. The molecule has 0 aliphatic rings. The normalized spacial score (nSPS) is 9.96. The Balaban J connectivity index is 1.81. The zero-order chi connectivity index (χ0) is 18.9. The summed E-state index contributed by atoms with van der Waals surface area (Å²) in [5, 5.41) is 8.56. The molecule has 0 saturated heterocycles. The van der Waals surface area contributed by atoms with Gasteiger partial charge in [-0.2, -0.15) is 0 Å². The minimum Gasteiger partial charge on any atom is -0.493 e. The van der Waals surface area contributed by atoms with E-state index in [1.54, 1.807) is 44.6 Å². The molecule has 0 heterocycles. The van der Waals surface area contributed by atoms with Crippen molar-refractivity contribution < 1.29 is 19.1 Å². The molecule has 0 radical (unpaired) electrons. The molecule has 0 atom stereocenters. The number of ether oxygens (including phenoxy) is 2. The van der Waals surface area contributed by atoms with E-state index in [2.05, 4.69) is 16.0 Å². The zero-order valence-electron chi connectivity index (χ0n) is 15.1. The molecule has 7 nitrogen and oxygen atoms in total. The Morgan fingerprint density at radius 1 is 0.923 bits per heavy atom. The molecule has 2 rings (SSSR count). The van der Waals surface area contributed by atoms with Crippen molar-refractivity contribution in [2.75, 3.05) is 31.4 Å². The first kappa shape index (κ1) is 19.1. The molecule has 0 aromatic heterocycles. The number of nitrogens with one attached hydrogen (secondary N) is 3. The summed E-state index contributed by atoms with van der Waals surface area (Å²) in [7, 11) is 3.15. The minimum absolute atomic E-state index is 0.125. The third kappa shape index (κ3) is 5.70. The Kier molecular flexibility index (Phi) is 6.84. The third-order valence-electron chi connectivity index (χ3n) is 3.60. The van der Waals surface area contributed by atoms with Gasteiger partial charge in [0.05, 0.1) is 20.8 Å². The van der Waals surface area contributed by atoms with Crippen molar-refractivity contribution in [1.82, 2.24) is 5.32 Å². The number of benzene rings is 2. The van der Waals surface area contributed by atoms with Gasteiger partial charge in [0.15, 0.2) is 11.5 Å². The highest BCUT2D eigenvalue weighted by Crippen LogP contribution is 2.27. The maximum atomic E-state index is 12.0. The fraction of sp³-hybridized carbons (Fsp3) is 0.263. The first-order chi connectivity index (χ1) is 12.5. The van der Waals surface area contributed by atoms with Crippen molar-refractivity contribution in [2.45, 2.75) is 13.5 Å². The Bertz CT molecular complexity index is 760. The van der Waals surface area contributed by atoms with Crippen LogP contribution in [0.3, 0.4) is 0 Å². The number of anilines is 2. The Labute approximate surface area is 152 Å². The lowest BCUT2D eigenvalue weighted by molar-refractivity contribution is -0.119. The van der Waals surface area contributed by atoms with Gasteiger partial charge in [0.2, 0.25) is 11.8 Å². The predicted molar refractivity (Wildman–Crippen MR) is 101 cm³/mol. The van der Waals surface area contributed by atoms with Gasteiger partial charge < -0.3 is 25.4 Å². The monoisotopic (exact) mass is 357 g/mol. The van der Waals surface area contributed by atoms with Gasteiger partial charge in [0.25, 0.3) is 0 Å². The number of carbonyl (C=O) groups is 2. The first-order valence-corrected chi connectivity index (χ1v) is 8.11. The lowest BCUT2D eigenvalue weighted by Gasteiger charge is -2.11. The highest BCUT2D eigenvalue weighted by molar-refractivity contribution is 5.88. The molecule has 2 aromatic rings. The molecule has 138 valence electrons. The van der Waals surface area contributed by atoms with Gasteiger partial charge in [-0.3, -0.25) is 9.59 Å². The van der Waals surface area contributed by atoms with E-state index >= 15 is 0 Å². The number of hydrogen-bond donors (Lipinski definition) is 3. The van der Waals surface area contributed by atoms with Gasteiger partial charge in [-0.25, -0.2) is 0 Å². The van der Waals surface area contributed by atoms with Crippen LogP contribution in [0.1, 0.15) is 12.5 Å². The van der Waals surface area contributed by atoms with Gasteiger partial charge >= 0.3 is 0 Å². The summed E-state index contributed by atoms with van der Waals surface area (Å²) in [6, 6.07) is 12.6. The van der Waals surface area contributed by atoms with Crippen LogP contribution < -0.4 is 25.4 Å². The molecule has 0 saturated carbocycles. The van der Waals surface area contributed by atoms with Crippen molar-refractivity contribution >= 4 is 23.2 Å². The van der Waals surface area contributed by atoms with Crippen LogP contribution in [0.4, 0.5) is 11.4 Å². The molecule has 7 heteroatoms. The summed E-state index contributed by atoms with van der Waals surface area (Å²) in [5.74, 6) is 1.01. The summed E-state index contributed by atoms with van der Waals surface area (Å²) in [5.41, 5.74) is 2.41. The highest BCUT2D eigenvalue weighted by atomic mass is 16.5. The van der Waals surface area contributed by atoms with Crippen LogP contribution in [0, 0.1) is 0 Å². The van der Waals surface area contributed by atoms with Gasteiger partial charge in [0.1, 0.15) is 0 Å². The van der Waals surface area contributed by atoms with Crippen LogP contribution in [0.25, 0.3) is 0 Å². The molecular formula is C19H23N3O4. The van der Waals surface area contributed by atoms with Gasteiger partial charge in [-0.15, -0.1) is 0 Å². The largest absolute Gasteiger partial charge is 0.493 e. The van der Waals surface area contributed by atoms with E-state index in [-0.39, 0.29) is 18.4 Å². The maximum absolute atomic E-state index is 12.0. The molecule has 2 amide bonds. The summed E-state index contributed by atoms with van der Waals surface area (Å²) in [6.45, 7) is 1.99. The van der Waals surface area contributed by atoms with E-state index in [0.29, 0.717) is 23.7 Å². The average molecular weight is 357 g/mol. The molecule has 3 N–H and O–H groups in total. The second kappa shape index (κ2) is 9.31. The van der Waals surface area contributed by atoms with Crippen LogP contribution in [-0.2, 0) is 16.1 Å². The van der Waals surface area contributed by atoms with Gasteiger partial charge in [-0.05, 0) is 42.0 Å². The van der Waals surface area contributed by atoms with Gasteiger partial charge in [-0.1, -0.05) is 6.07 Å². The number of hydrogen-bond acceptors (Lipinski definition) is 5. The quantitative estimate of drug-likeness (QED) is 0.675. The van der Waals surface area contributed by atoms with E-state index in [0.717, 1.165) is 11.3 Å². The molecule has 0 aliphatic carbocycles. The Morgan fingerprint density at radius 3 is 2.19 bits per heavy atom. The smallest absolute Gasteiger partial charge is 0.239 e. The summed E-state index contributed by atoms with van der Waals surface area (Å²) in [4.78, 5) is 23.0. The molecule has 0 fully saturated rings. The second-order valence-corrected chi connectivity index (χ2v) is 5.58. The lowest BCUT2D eigenvalue weighted by atomic mass is 10.2. The Hall–Kier alpha value is -3.22. The molecule has 0 bridgehead atoms.